The molecule has 0 heterocycles. The summed E-state index contributed by atoms with van der Waals surface area (Å²) in [6.45, 7) is 0. The van der Waals surface area contributed by atoms with Crippen LogP contribution in [0.1, 0.15) is 6.42 Å². The van der Waals surface area contributed by atoms with Crippen LogP contribution in [-0.2, 0) is 0 Å². The molecule has 0 saturated heterocycles. The summed E-state index contributed by atoms with van der Waals surface area (Å²) in [6, 6.07) is 2.10. The normalized spacial score (nSPS) is 35.7. The standard InChI is InChI=1S/C6H5N/c1-2-5-3-6(5)4-7/h1,5-6H,3H2/t5-,6-/m0/s1. The van der Waals surface area contributed by atoms with Gasteiger partial charge in [-0.25, -0.2) is 0 Å². The van der Waals surface area contributed by atoms with Crippen molar-refractivity contribution in [2.45, 2.75) is 6.42 Å². The summed E-state index contributed by atoms with van der Waals surface area (Å²) >= 11 is 0. The van der Waals surface area contributed by atoms with Gasteiger partial charge in [0.1, 0.15) is 0 Å². The molecule has 1 nitrogen and oxygen atoms in total. The van der Waals surface area contributed by atoms with Crippen molar-refractivity contribution in [1.29, 1.82) is 5.26 Å². The van der Waals surface area contributed by atoms with Gasteiger partial charge in [0, 0.05) is 5.92 Å². The predicted octanol–water partition coefficient (Wildman–Crippen LogP) is 0.779. The van der Waals surface area contributed by atoms with Gasteiger partial charge in [-0.05, 0) is 6.42 Å². The van der Waals surface area contributed by atoms with Gasteiger partial charge in [0.05, 0.1) is 12.0 Å². The Kier molecular flexibility index (Phi) is 0.770. The van der Waals surface area contributed by atoms with E-state index >= 15 is 0 Å². The Morgan fingerprint density at radius 1 is 1.57 bits per heavy atom. The molecule has 0 aliphatic heterocycles. The molecule has 0 aromatic heterocycles. The number of nitrogens with zero attached hydrogens (tertiary/aromatic N) is 1. The summed E-state index contributed by atoms with van der Waals surface area (Å²) in [6.07, 6.45) is 5.92. The molecule has 0 radical (unpaired) electrons. The lowest BCUT2D eigenvalue weighted by atomic mass is 10.4. The topological polar surface area (TPSA) is 23.8 Å². The summed E-state index contributed by atoms with van der Waals surface area (Å²) in [4.78, 5) is 0. The first-order valence-electron chi connectivity index (χ1n) is 2.24. The third kappa shape index (κ3) is 0.574. The molecule has 1 saturated carbocycles. The highest BCUT2D eigenvalue weighted by Gasteiger charge is 2.35. The lowest BCUT2D eigenvalue weighted by Crippen LogP contribution is -1.68. The van der Waals surface area contributed by atoms with E-state index in [2.05, 4.69) is 12.0 Å². The summed E-state index contributed by atoms with van der Waals surface area (Å²) in [7, 11) is 0. The molecule has 0 amide bonds. The molecular formula is C6H5N. The Morgan fingerprint density at radius 3 is 2.43 bits per heavy atom. The van der Waals surface area contributed by atoms with Gasteiger partial charge in [-0.2, -0.15) is 5.26 Å². The molecular weight excluding hydrogens is 86.1 g/mol. The minimum atomic E-state index is 0.185. The Hall–Kier alpha value is -0.950. The van der Waals surface area contributed by atoms with Crippen molar-refractivity contribution in [2.75, 3.05) is 0 Å². The van der Waals surface area contributed by atoms with Gasteiger partial charge >= 0.3 is 0 Å². The first-order chi connectivity index (χ1) is 3.38. The number of terminal acetylenes is 1. The van der Waals surface area contributed by atoms with Crippen LogP contribution in [0.15, 0.2) is 0 Å². The molecule has 34 valence electrons. The number of rotatable bonds is 0. The summed E-state index contributed by atoms with van der Waals surface area (Å²) in [5, 5.41) is 8.16. The Balaban J connectivity index is 2.39. The molecule has 1 aliphatic carbocycles. The first kappa shape index (κ1) is 4.22. The van der Waals surface area contributed by atoms with Crippen LogP contribution in [-0.4, -0.2) is 0 Å². The van der Waals surface area contributed by atoms with Crippen molar-refractivity contribution in [2.24, 2.45) is 11.8 Å². The summed E-state index contributed by atoms with van der Waals surface area (Å²) in [5.74, 6) is 2.98. The lowest BCUT2D eigenvalue weighted by molar-refractivity contribution is 1.04. The minimum absolute atomic E-state index is 0.185. The fourth-order valence-corrected chi connectivity index (χ4v) is 0.522. The zero-order chi connectivity index (χ0) is 5.28. The SMILES string of the molecule is C#C[C@H]1C[C@H]1C#N. The smallest absolute Gasteiger partial charge is 0.0669 e. The van der Waals surface area contributed by atoms with Gasteiger partial charge in [0.15, 0.2) is 0 Å². The largest absolute Gasteiger partial charge is 0.198 e. The zero-order valence-electron chi connectivity index (χ0n) is 3.89. The molecule has 1 heteroatoms. The lowest BCUT2D eigenvalue weighted by Gasteiger charge is -1.66. The molecule has 1 aliphatic rings. The van der Waals surface area contributed by atoms with Crippen LogP contribution in [0.4, 0.5) is 0 Å². The van der Waals surface area contributed by atoms with Gasteiger partial charge in [0.25, 0.3) is 0 Å². The van der Waals surface area contributed by atoms with Crippen molar-refractivity contribution in [1.82, 2.24) is 0 Å². The van der Waals surface area contributed by atoms with Crippen LogP contribution in [0.25, 0.3) is 0 Å². The number of hydrogen-bond donors (Lipinski definition) is 0. The molecule has 1 fully saturated rings. The molecule has 1 rings (SSSR count). The van der Waals surface area contributed by atoms with E-state index in [1.165, 1.54) is 0 Å². The average Bonchev–Trinajstić information content (AvgIpc) is 2.43. The molecule has 0 N–H and O–H groups in total. The minimum Gasteiger partial charge on any atom is -0.198 e. The number of nitriles is 1. The molecule has 7 heavy (non-hydrogen) atoms. The van der Waals surface area contributed by atoms with E-state index in [-0.39, 0.29) is 11.8 Å². The Bertz CT molecular complexity index is 129. The second-order valence-electron chi connectivity index (χ2n) is 1.74. The van der Waals surface area contributed by atoms with Crippen molar-refractivity contribution in [3.8, 4) is 18.4 Å². The van der Waals surface area contributed by atoms with Crippen LogP contribution in [0, 0.1) is 35.5 Å². The maximum absolute atomic E-state index is 8.16. The van der Waals surface area contributed by atoms with Crippen molar-refractivity contribution < 1.29 is 0 Å². The Morgan fingerprint density at radius 2 is 2.29 bits per heavy atom. The zero-order valence-corrected chi connectivity index (χ0v) is 3.89. The van der Waals surface area contributed by atoms with Gasteiger partial charge in [-0.1, -0.05) is 0 Å². The van der Waals surface area contributed by atoms with Crippen LogP contribution < -0.4 is 0 Å². The van der Waals surface area contributed by atoms with Crippen molar-refractivity contribution in [3.05, 3.63) is 0 Å². The van der Waals surface area contributed by atoms with E-state index in [4.69, 9.17) is 11.7 Å². The van der Waals surface area contributed by atoms with E-state index < -0.39 is 0 Å². The van der Waals surface area contributed by atoms with E-state index in [0.29, 0.717) is 0 Å². The fourth-order valence-electron chi connectivity index (χ4n) is 0.522. The van der Waals surface area contributed by atoms with Gasteiger partial charge in [0.2, 0.25) is 0 Å². The van der Waals surface area contributed by atoms with E-state index in [9.17, 15) is 0 Å². The molecule has 0 bridgehead atoms. The molecule has 0 unspecified atom stereocenters. The molecule has 0 aromatic rings. The molecule has 0 aromatic carbocycles. The first-order valence-corrected chi connectivity index (χ1v) is 2.24. The van der Waals surface area contributed by atoms with E-state index in [0.717, 1.165) is 6.42 Å². The quantitative estimate of drug-likeness (QED) is 0.404. The van der Waals surface area contributed by atoms with Crippen LogP contribution in [0.2, 0.25) is 0 Å². The maximum Gasteiger partial charge on any atom is 0.0669 e. The highest BCUT2D eigenvalue weighted by Crippen LogP contribution is 2.36. The van der Waals surface area contributed by atoms with Crippen molar-refractivity contribution >= 4 is 0 Å². The van der Waals surface area contributed by atoms with Crippen LogP contribution in [0.3, 0.4) is 0 Å². The highest BCUT2D eigenvalue weighted by atomic mass is 14.4. The summed E-state index contributed by atoms with van der Waals surface area (Å²) < 4.78 is 0. The van der Waals surface area contributed by atoms with Gasteiger partial charge in [-0.15, -0.1) is 12.3 Å². The Labute approximate surface area is 42.9 Å². The van der Waals surface area contributed by atoms with E-state index in [1.807, 2.05) is 0 Å². The third-order valence-electron chi connectivity index (χ3n) is 1.17. The van der Waals surface area contributed by atoms with E-state index in [1.54, 1.807) is 0 Å². The average molecular weight is 91.1 g/mol. The van der Waals surface area contributed by atoms with Gasteiger partial charge < -0.3 is 0 Å². The third-order valence-corrected chi connectivity index (χ3v) is 1.17. The predicted molar refractivity (Wildman–Crippen MR) is 26.0 cm³/mol. The summed E-state index contributed by atoms with van der Waals surface area (Å²) in [5.41, 5.74) is 0. The van der Waals surface area contributed by atoms with Crippen molar-refractivity contribution in [3.63, 3.8) is 0 Å². The second kappa shape index (κ2) is 1.28. The van der Waals surface area contributed by atoms with Crippen LogP contribution >= 0.6 is 0 Å². The highest BCUT2D eigenvalue weighted by molar-refractivity contribution is 5.14. The maximum atomic E-state index is 8.16. The fraction of sp³-hybridized carbons (Fsp3) is 0.500. The number of hydrogen-bond acceptors (Lipinski definition) is 1. The second-order valence-corrected chi connectivity index (χ2v) is 1.74. The monoisotopic (exact) mass is 91.0 g/mol. The van der Waals surface area contributed by atoms with Gasteiger partial charge in [-0.3, -0.25) is 0 Å². The molecule has 0 spiro atoms. The molecule has 2 atom stereocenters. The van der Waals surface area contributed by atoms with Crippen LogP contribution in [0.5, 0.6) is 0 Å².